The van der Waals surface area contributed by atoms with Gasteiger partial charge in [0.05, 0.1) is 17.1 Å². The van der Waals surface area contributed by atoms with Crippen LogP contribution in [0, 0.1) is 6.92 Å². The van der Waals surface area contributed by atoms with E-state index in [0.717, 1.165) is 16.9 Å². The molecule has 8 heteroatoms. The molecule has 29 heavy (non-hydrogen) atoms. The average Bonchev–Trinajstić information content (AvgIpc) is 2.95. The predicted molar refractivity (Wildman–Crippen MR) is 114 cm³/mol. The highest BCUT2D eigenvalue weighted by Gasteiger charge is 2.26. The topological polar surface area (TPSA) is 86.8 Å². The fraction of sp³-hybridized carbons (Fsp3) is 0.333. The number of carbonyl (C=O) groups excluding carboxylic acids is 2. The van der Waals surface area contributed by atoms with Crippen LogP contribution >= 0.6 is 0 Å². The zero-order valence-corrected chi connectivity index (χ0v) is 17.8. The zero-order chi connectivity index (χ0) is 21.3. The second kappa shape index (κ2) is 7.87. The van der Waals surface area contributed by atoms with Crippen molar-refractivity contribution in [3.05, 3.63) is 47.5 Å². The van der Waals surface area contributed by atoms with Crippen LogP contribution in [0.3, 0.4) is 0 Å². The van der Waals surface area contributed by atoms with Crippen molar-refractivity contribution in [1.29, 1.82) is 0 Å². The molecule has 0 spiro atoms. The van der Waals surface area contributed by atoms with Crippen LogP contribution in [0.5, 0.6) is 0 Å². The molecular weight excluding hydrogens is 390 g/mol. The highest BCUT2D eigenvalue weighted by atomic mass is 32.2. The quantitative estimate of drug-likeness (QED) is 0.783. The molecule has 2 amide bonds. The van der Waals surface area contributed by atoms with Crippen LogP contribution in [-0.2, 0) is 25.8 Å². The van der Waals surface area contributed by atoms with Crippen LogP contribution in [0.25, 0.3) is 0 Å². The third-order valence-corrected chi connectivity index (χ3v) is 6.77. The molecule has 1 aliphatic rings. The molecule has 0 saturated heterocycles. The first-order valence-corrected chi connectivity index (χ1v) is 10.9. The number of benzene rings is 2. The van der Waals surface area contributed by atoms with Crippen molar-refractivity contribution in [3.8, 4) is 0 Å². The van der Waals surface area contributed by atoms with Crippen LogP contribution < -0.4 is 15.1 Å². The second-order valence-corrected chi connectivity index (χ2v) is 9.54. The number of hydrogen-bond donors (Lipinski definition) is 1. The zero-order valence-electron chi connectivity index (χ0n) is 17.0. The van der Waals surface area contributed by atoms with Crippen LogP contribution in [0.4, 0.5) is 17.1 Å². The van der Waals surface area contributed by atoms with E-state index in [4.69, 9.17) is 0 Å². The van der Waals surface area contributed by atoms with Crippen LogP contribution in [-0.4, -0.2) is 47.1 Å². The Balaban J connectivity index is 1.67. The molecule has 0 unspecified atom stereocenters. The summed E-state index contributed by atoms with van der Waals surface area (Å²) in [6, 6.07) is 10.2. The normalized spacial score (nSPS) is 13.4. The number of fused-ring (bicyclic) bond motifs is 1. The first-order valence-electron chi connectivity index (χ1n) is 9.28. The van der Waals surface area contributed by atoms with Gasteiger partial charge in [0.2, 0.25) is 11.8 Å². The maximum atomic E-state index is 12.7. The summed E-state index contributed by atoms with van der Waals surface area (Å²) in [5.41, 5.74) is 4.10. The Hall–Kier alpha value is -2.87. The van der Waals surface area contributed by atoms with E-state index in [1.165, 1.54) is 17.0 Å². The van der Waals surface area contributed by atoms with Gasteiger partial charge in [0.25, 0.3) is 0 Å². The molecule has 2 aromatic rings. The van der Waals surface area contributed by atoms with E-state index in [1.807, 2.05) is 38.1 Å². The van der Waals surface area contributed by atoms with E-state index in [9.17, 15) is 18.0 Å². The molecule has 3 rings (SSSR count). The van der Waals surface area contributed by atoms with Gasteiger partial charge in [-0.2, -0.15) is 0 Å². The van der Waals surface area contributed by atoms with Crippen molar-refractivity contribution < 1.29 is 18.0 Å². The van der Waals surface area contributed by atoms with E-state index in [0.29, 0.717) is 11.3 Å². The maximum Gasteiger partial charge on any atom is 0.231 e. The number of sulfone groups is 1. The monoisotopic (exact) mass is 415 g/mol. The number of nitrogens with one attached hydrogen (secondary N) is 1. The van der Waals surface area contributed by atoms with E-state index in [2.05, 4.69) is 5.32 Å². The Bertz CT molecular complexity index is 1080. The van der Waals surface area contributed by atoms with Crippen molar-refractivity contribution in [2.75, 3.05) is 42.0 Å². The standard InChI is InChI=1S/C21H25N3O4S/c1-14-5-6-16(13-19(14)23(2)3)22-20(25)9-10-29(27,28)17-7-8-18-15(11-17)12-21(26)24(18)4/h5-8,11,13H,9-10,12H2,1-4H3,(H,22,25). The summed E-state index contributed by atoms with van der Waals surface area (Å²) >= 11 is 0. The molecule has 2 aromatic carbocycles. The molecule has 0 atom stereocenters. The van der Waals surface area contributed by atoms with Gasteiger partial charge in [-0.1, -0.05) is 6.07 Å². The minimum absolute atomic E-state index is 0.0656. The molecule has 0 aliphatic carbocycles. The predicted octanol–water partition coefficient (Wildman–Crippen LogP) is 2.38. The smallest absolute Gasteiger partial charge is 0.231 e. The Labute approximate surface area is 171 Å². The largest absolute Gasteiger partial charge is 0.377 e. The van der Waals surface area contributed by atoms with Gasteiger partial charge in [-0.3, -0.25) is 9.59 Å². The van der Waals surface area contributed by atoms with E-state index in [-0.39, 0.29) is 35.3 Å². The summed E-state index contributed by atoms with van der Waals surface area (Å²) in [4.78, 5) is 27.7. The lowest BCUT2D eigenvalue weighted by Crippen LogP contribution is -2.20. The van der Waals surface area contributed by atoms with E-state index >= 15 is 0 Å². The SMILES string of the molecule is Cc1ccc(NC(=O)CCS(=O)(=O)c2ccc3c(c2)CC(=O)N3C)cc1N(C)C. The fourth-order valence-corrected chi connectivity index (χ4v) is 4.66. The number of amides is 2. The second-order valence-electron chi connectivity index (χ2n) is 7.43. The Kier molecular flexibility index (Phi) is 5.66. The highest BCUT2D eigenvalue weighted by molar-refractivity contribution is 7.91. The molecule has 0 saturated carbocycles. The van der Waals surface area contributed by atoms with Crippen molar-refractivity contribution in [2.45, 2.75) is 24.7 Å². The third-order valence-electron chi connectivity index (χ3n) is 5.06. The summed E-state index contributed by atoms with van der Waals surface area (Å²) in [7, 11) is 1.87. The average molecular weight is 416 g/mol. The lowest BCUT2D eigenvalue weighted by atomic mass is 10.1. The van der Waals surface area contributed by atoms with Crippen LogP contribution in [0.2, 0.25) is 0 Å². The van der Waals surface area contributed by atoms with Gasteiger partial charge in [0.1, 0.15) is 0 Å². The lowest BCUT2D eigenvalue weighted by Gasteiger charge is -2.17. The lowest BCUT2D eigenvalue weighted by molar-refractivity contribution is -0.117. The first-order chi connectivity index (χ1) is 13.6. The highest BCUT2D eigenvalue weighted by Crippen LogP contribution is 2.30. The van der Waals surface area contributed by atoms with Crippen molar-refractivity contribution in [1.82, 2.24) is 0 Å². The number of nitrogens with zero attached hydrogens (tertiary/aromatic N) is 2. The number of aryl methyl sites for hydroxylation is 1. The molecule has 1 aliphatic heterocycles. The van der Waals surface area contributed by atoms with Gasteiger partial charge in [-0.25, -0.2) is 8.42 Å². The van der Waals surface area contributed by atoms with Crippen LogP contribution in [0.1, 0.15) is 17.5 Å². The maximum absolute atomic E-state index is 12.7. The van der Waals surface area contributed by atoms with Gasteiger partial charge in [-0.15, -0.1) is 0 Å². The summed E-state index contributed by atoms with van der Waals surface area (Å²) in [6.45, 7) is 1.98. The molecule has 0 fully saturated rings. The molecule has 0 aromatic heterocycles. The Morgan fingerprint density at radius 3 is 2.59 bits per heavy atom. The number of carbonyl (C=O) groups is 2. The molecule has 1 heterocycles. The van der Waals surface area contributed by atoms with Gasteiger partial charge >= 0.3 is 0 Å². The van der Waals surface area contributed by atoms with Crippen molar-refractivity contribution in [2.24, 2.45) is 0 Å². The van der Waals surface area contributed by atoms with Crippen molar-refractivity contribution in [3.63, 3.8) is 0 Å². The molecule has 154 valence electrons. The summed E-state index contributed by atoms with van der Waals surface area (Å²) in [5.74, 6) is -0.726. The molecule has 7 nitrogen and oxygen atoms in total. The molecule has 0 bridgehead atoms. The van der Waals surface area contributed by atoms with Gasteiger partial charge in [0.15, 0.2) is 9.84 Å². The minimum atomic E-state index is -3.63. The molecular formula is C21H25N3O4S. The Morgan fingerprint density at radius 2 is 1.90 bits per heavy atom. The number of hydrogen-bond acceptors (Lipinski definition) is 5. The van der Waals surface area contributed by atoms with Gasteiger partial charge < -0.3 is 15.1 Å². The summed E-state index contributed by atoms with van der Waals surface area (Å²) in [6.07, 6.45) is 0.0424. The molecule has 0 radical (unpaired) electrons. The van der Waals surface area contributed by atoms with E-state index in [1.54, 1.807) is 19.2 Å². The molecule has 1 N–H and O–H groups in total. The first kappa shape index (κ1) is 20.9. The fourth-order valence-electron chi connectivity index (χ4n) is 3.38. The third kappa shape index (κ3) is 4.42. The number of likely N-dealkylation sites (N-methyl/N-ethyl adjacent to an activating group) is 1. The summed E-state index contributed by atoms with van der Waals surface area (Å²) in [5, 5.41) is 2.76. The minimum Gasteiger partial charge on any atom is -0.377 e. The van der Waals surface area contributed by atoms with Gasteiger partial charge in [-0.05, 0) is 48.4 Å². The number of rotatable bonds is 6. The van der Waals surface area contributed by atoms with Crippen LogP contribution in [0.15, 0.2) is 41.3 Å². The van der Waals surface area contributed by atoms with Crippen molar-refractivity contribution >= 4 is 38.7 Å². The summed E-state index contributed by atoms with van der Waals surface area (Å²) < 4.78 is 25.3. The number of anilines is 3. The van der Waals surface area contributed by atoms with Gasteiger partial charge in [0, 0.05) is 44.6 Å². The van der Waals surface area contributed by atoms with E-state index < -0.39 is 9.84 Å². The Morgan fingerprint density at radius 1 is 1.17 bits per heavy atom.